The molecule has 0 aromatic carbocycles. The van der Waals surface area contributed by atoms with Crippen LogP contribution in [0.5, 0.6) is 0 Å². The first-order chi connectivity index (χ1) is 9.86. The van der Waals surface area contributed by atoms with Gasteiger partial charge in [-0.1, -0.05) is 0 Å². The summed E-state index contributed by atoms with van der Waals surface area (Å²) in [5.41, 5.74) is 3.08. The lowest BCUT2D eigenvalue weighted by Gasteiger charge is -2.44. The normalized spacial score (nSPS) is 29.3. The van der Waals surface area contributed by atoms with E-state index >= 15 is 0 Å². The molecular weight excluding hydrogens is 268 g/mol. The standard InChI is InChI=1S/C16H24N2OS/c1-2-4-15-14(3-1)17-12-18(15)13-5-8-19-16(11-13)6-9-20-10-7-16/h12-13H,1-11H2. The van der Waals surface area contributed by atoms with E-state index < -0.39 is 0 Å². The zero-order chi connectivity index (χ0) is 13.4. The third-order valence-corrected chi connectivity index (χ3v) is 6.31. The molecule has 1 unspecified atom stereocenters. The van der Waals surface area contributed by atoms with E-state index in [2.05, 4.69) is 27.6 Å². The SMILES string of the molecule is c1nc2c(n1C1CCOC3(CCSCC3)C1)CCCC2. The number of imidazole rings is 1. The van der Waals surface area contributed by atoms with Crippen LogP contribution in [0.1, 0.15) is 56.0 Å². The van der Waals surface area contributed by atoms with Gasteiger partial charge in [0.2, 0.25) is 0 Å². The first-order valence-electron chi connectivity index (χ1n) is 8.13. The van der Waals surface area contributed by atoms with E-state index in [1.165, 1.54) is 67.8 Å². The molecule has 0 amide bonds. The molecule has 2 fully saturated rings. The van der Waals surface area contributed by atoms with Crippen LogP contribution in [0.4, 0.5) is 0 Å². The second-order valence-electron chi connectivity index (χ2n) is 6.54. The Kier molecular flexibility index (Phi) is 3.55. The largest absolute Gasteiger partial charge is 0.375 e. The highest BCUT2D eigenvalue weighted by atomic mass is 32.2. The van der Waals surface area contributed by atoms with Crippen LogP contribution < -0.4 is 0 Å². The molecule has 4 heteroatoms. The number of thioether (sulfide) groups is 1. The molecule has 20 heavy (non-hydrogen) atoms. The molecule has 110 valence electrons. The first-order valence-corrected chi connectivity index (χ1v) is 9.28. The summed E-state index contributed by atoms with van der Waals surface area (Å²) in [7, 11) is 0. The van der Waals surface area contributed by atoms with Gasteiger partial charge in [0.15, 0.2) is 0 Å². The lowest BCUT2D eigenvalue weighted by Crippen LogP contribution is -2.43. The molecule has 3 nitrogen and oxygen atoms in total. The highest BCUT2D eigenvalue weighted by molar-refractivity contribution is 7.99. The second-order valence-corrected chi connectivity index (χ2v) is 7.77. The van der Waals surface area contributed by atoms with Crippen LogP contribution in [0.15, 0.2) is 6.33 Å². The van der Waals surface area contributed by atoms with Crippen molar-refractivity contribution >= 4 is 11.8 Å². The monoisotopic (exact) mass is 292 g/mol. The minimum Gasteiger partial charge on any atom is -0.375 e. The summed E-state index contributed by atoms with van der Waals surface area (Å²) in [6.07, 6.45) is 12.0. The fourth-order valence-electron chi connectivity index (χ4n) is 4.14. The van der Waals surface area contributed by atoms with Gasteiger partial charge >= 0.3 is 0 Å². The Labute approximate surface area is 125 Å². The summed E-state index contributed by atoms with van der Waals surface area (Å²) in [5, 5.41) is 0. The fraction of sp³-hybridized carbons (Fsp3) is 0.812. The predicted molar refractivity (Wildman–Crippen MR) is 82.4 cm³/mol. The summed E-state index contributed by atoms with van der Waals surface area (Å²) in [4.78, 5) is 4.68. The van der Waals surface area contributed by atoms with E-state index in [1.54, 1.807) is 0 Å². The smallest absolute Gasteiger partial charge is 0.0954 e. The maximum Gasteiger partial charge on any atom is 0.0954 e. The molecular formula is C16H24N2OS. The highest BCUT2D eigenvalue weighted by Gasteiger charge is 2.39. The van der Waals surface area contributed by atoms with Crippen molar-refractivity contribution in [1.82, 2.24) is 9.55 Å². The molecule has 0 N–H and O–H groups in total. The van der Waals surface area contributed by atoms with E-state index in [0.717, 1.165) is 13.0 Å². The number of hydrogen-bond donors (Lipinski definition) is 0. The number of nitrogens with zero attached hydrogens (tertiary/aromatic N) is 2. The Balaban J connectivity index is 1.57. The summed E-state index contributed by atoms with van der Waals surface area (Å²) in [5.74, 6) is 2.55. The van der Waals surface area contributed by atoms with Crippen LogP contribution in [0.3, 0.4) is 0 Å². The van der Waals surface area contributed by atoms with Crippen LogP contribution in [-0.2, 0) is 17.6 Å². The number of aromatic nitrogens is 2. The minimum absolute atomic E-state index is 0.181. The molecule has 1 aromatic rings. The molecule has 2 saturated heterocycles. The molecule has 1 aromatic heterocycles. The zero-order valence-electron chi connectivity index (χ0n) is 12.1. The Morgan fingerprint density at radius 3 is 3.00 bits per heavy atom. The molecule has 1 aliphatic carbocycles. The average molecular weight is 292 g/mol. The van der Waals surface area contributed by atoms with E-state index in [9.17, 15) is 0 Å². The predicted octanol–water partition coefficient (Wildman–Crippen LogP) is 3.38. The average Bonchev–Trinajstić information content (AvgIpc) is 2.92. The fourth-order valence-corrected chi connectivity index (χ4v) is 5.37. The Hall–Kier alpha value is -0.480. The van der Waals surface area contributed by atoms with E-state index in [0.29, 0.717) is 6.04 Å². The van der Waals surface area contributed by atoms with Crippen molar-refractivity contribution in [3.05, 3.63) is 17.7 Å². The van der Waals surface area contributed by atoms with Gasteiger partial charge in [-0.25, -0.2) is 4.98 Å². The molecule has 0 radical (unpaired) electrons. The molecule has 1 spiro atoms. The number of ether oxygens (including phenoxy) is 1. The molecule has 2 aliphatic heterocycles. The zero-order valence-corrected chi connectivity index (χ0v) is 13.0. The maximum absolute atomic E-state index is 6.23. The van der Waals surface area contributed by atoms with Gasteiger partial charge in [0, 0.05) is 18.3 Å². The van der Waals surface area contributed by atoms with Crippen LogP contribution in [0.25, 0.3) is 0 Å². The van der Waals surface area contributed by atoms with Crippen LogP contribution >= 0.6 is 11.8 Å². The van der Waals surface area contributed by atoms with Gasteiger partial charge in [-0.05, 0) is 62.9 Å². The molecule has 1 atom stereocenters. The third kappa shape index (κ3) is 2.31. The van der Waals surface area contributed by atoms with Crippen molar-refractivity contribution in [2.24, 2.45) is 0 Å². The Bertz CT molecular complexity index is 473. The van der Waals surface area contributed by atoms with E-state index in [1.807, 2.05) is 0 Å². The van der Waals surface area contributed by atoms with Crippen molar-refractivity contribution < 1.29 is 4.74 Å². The molecule has 3 aliphatic rings. The number of fused-ring (bicyclic) bond motifs is 1. The summed E-state index contributed by atoms with van der Waals surface area (Å²) >= 11 is 2.08. The molecule has 4 rings (SSSR count). The van der Waals surface area contributed by atoms with Gasteiger partial charge in [-0.15, -0.1) is 0 Å². The lowest BCUT2D eigenvalue weighted by molar-refractivity contribution is -0.0991. The van der Waals surface area contributed by atoms with E-state index in [4.69, 9.17) is 4.74 Å². The van der Waals surface area contributed by atoms with Crippen molar-refractivity contribution in [3.63, 3.8) is 0 Å². The number of aryl methyl sites for hydroxylation is 1. The number of rotatable bonds is 1. The van der Waals surface area contributed by atoms with Crippen molar-refractivity contribution in [2.75, 3.05) is 18.1 Å². The Morgan fingerprint density at radius 1 is 1.25 bits per heavy atom. The van der Waals surface area contributed by atoms with Gasteiger partial charge in [0.1, 0.15) is 0 Å². The van der Waals surface area contributed by atoms with Gasteiger partial charge in [-0.2, -0.15) is 11.8 Å². The highest BCUT2D eigenvalue weighted by Crippen LogP contribution is 2.42. The van der Waals surface area contributed by atoms with Gasteiger partial charge < -0.3 is 9.30 Å². The summed E-state index contributed by atoms with van der Waals surface area (Å²) in [6, 6.07) is 0.626. The maximum atomic E-state index is 6.23. The van der Waals surface area contributed by atoms with Crippen molar-refractivity contribution in [3.8, 4) is 0 Å². The summed E-state index contributed by atoms with van der Waals surface area (Å²) in [6.45, 7) is 0.933. The van der Waals surface area contributed by atoms with Crippen LogP contribution in [0, 0.1) is 0 Å². The quantitative estimate of drug-likeness (QED) is 0.794. The molecule has 0 saturated carbocycles. The topological polar surface area (TPSA) is 27.1 Å². The third-order valence-electron chi connectivity index (χ3n) is 5.32. The molecule has 0 bridgehead atoms. The first kappa shape index (κ1) is 13.2. The van der Waals surface area contributed by atoms with Crippen molar-refractivity contribution in [2.45, 2.75) is 63.0 Å². The van der Waals surface area contributed by atoms with Gasteiger partial charge in [-0.3, -0.25) is 0 Å². The summed E-state index contributed by atoms with van der Waals surface area (Å²) < 4.78 is 8.75. The van der Waals surface area contributed by atoms with Gasteiger partial charge in [0.25, 0.3) is 0 Å². The minimum atomic E-state index is 0.181. The van der Waals surface area contributed by atoms with Crippen molar-refractivity contribution in [1.29, 1.82) is 0 Å². The van der Waals surface area contributed by atoms with Gasteiger partial charge in [0.05, 0.1) is 17.6 Å². The molecule has 3 heterocycles. The number of hydrogen-bond acceptors (Lipinski definition) is 3. The second kappa shape index (κ2) is 5.38. The van der Waals surface area contributed by atoms with Crippen LogP contribution in [-0.4, -0.2) is 33.3 Å². The lowest BCUT2D eigenvalue weighted by atomic mass is 9.85. The Morgan fingerprint density at radius 2 is 2.10 bits per heavy atom. The van der Waals surface area contributed by atoms with Crippen LogP contribution in [0.2, 0.25) is 0 Å². The van der Waals surface area contributed by atoms with E-state index in [-0.39, 0.29) is 5.60 Å².